The molecular formula is C17H12ClN3O6. The van der Waals surface area contributed by atoms with Crippen molar-refractivity contribution in [3.63, 3.8) is 0 Å². The first-order chi connectivity index (χ1) is 13.0. The van der Waals surface area contributed by atoms with Crippen molar-refractivity contribution < 1.29 is 23.9 Å². The summed E-state index contributed by atoms with van der Waals surface area (Å²) in [5.41, 5.74) is 0.490. The number of nitro benzene ring substituents is 1. The van der Waals surface area contributed by atoms with Gasteiger partial charge in [0, 0.05) is 18.5 Å². The van der Waals surface area contributed by atoms with Gasteiger partial charge in [-0.3, -0.25) is 10.1 Å². The molecule has 0 N–H and O–H groups in total. The molecule has 4 rings (SSSR count). The summed E-state index contributed by atoms with van der Waals surface area (Å²) in [5, 5.41) is 11.8. The molecule has 9 nitrogen and oxygen atoms in total. The lowest BCUT2D eigenvalue weighted by molar-refractivity contribution is -0.385. The van der Waals surface area contributed by atoms with Gasteiger partial charge in [0.05, 0.1) is 21.7 Å². The predicted molar refractivity (Wildman–Crippen MR) is 93.4 cm³/mol. The average Bonchev–Trinajstić information content (AvgIpc) is 3.07. The summed E-state index contributed by atoms with van der Waals surface area (Å²) in [5.74, 6) is -0.364. The number of nitro groups is 1. The van der Waals surface area contributed by atoms with E-state index >= 15 is 0 Å². The highest BCUT2D eigenvalue weighted by Gasteiger charge is 2.27. The van der Waals surface area contributed by atoms with Crippen LogP contribution in [0, 0.1) is 10.1 Å². The Hall–Kier alpha value is -3.33. The zero-order valence-electron chi connectivity index (χ0n) is 13.8. The van der Waals surface area contributed by atoms with Crippen LogP contribution in [0.1, 0.15) is 16.1 Å². The van der Waals surface area contributed by atoms with Gasteiger partial charge in [-0.2, -0.15) is 0 Å². The Morgan fingerprint density at radius 1 is 1.26 bits per heavy atom. The lowest BCUT2D eigenvalue weighted by Gasteiger charge is -2.18. The number of carbonyl (C=O) groups is 1. The molecule has 27 heavy (non-hydrogen) atoms. The standard InChI is InChI=1S/C17H12ClN3O6/c18-10-1-2-16-19-11(8-20(16)7-10)9-27-17(22)12-5-14-15(26-4-3-25-14)6-13(12)21(23)24/h1-2,5-8H,3-4,9H2. The molecule has 0 saturated heterocycles. The number of carbonyl (C=O) groups excluding carboxylic acids is 1. The van der Waals surface area contributed by atoms with Gasteiger partial charge in [-0.25, -0.2) is 9.78 Å². The molecule has 10 heteroatoms. The molecule has 0 bridgehead atoms. The van der Waals surface area contributed by atoms with E-state index in [-0.39, 0.29) is 30.3 Å². The third kappa shape index (κ3) is 3.36. The van der Waals surface area contributed by atoms with Gasteiger partial charge in [-0.15, -0.1) is 0 Å². The number of pyridine rings is 1. The van der Waals surface area contributed by atoms with Crippen LogP contribution in [0.2, 0.25) is 5.02 Å². The maximum atomic E-state index is 12.4. The van der Waals surface area contributed by atoms with Gasteiger partial charge in [0.2, 0.25) is 0 Å². The molecule has 0 atom stereocenters. The van der Waals surface area contributed by atoms with E-state index in [2.05, 4.69) is 4.98 Å². The van der Waals surface area contributed by atoms with Gasteiger partial charge in [0.1, 0.15) is 31.0 Å². The van der Waals surface area contributed by atoms with Crippen LogP contribution in [0.25, 0.3) is 5.65 Å². The first-order valence-electron chi connectivity index (χ1n) is 7.89. The zero-order chi connectivity index (χ0) is 19.0. The topological polar surface area (TPSA) is 105 Å². The molecule has 3 aromatic rings. The number of ether oxygens (including phenoxy) is 3. The number of halogens is 1. The van der Waals surface area contributed by atoms with E-state index in [9.17, 15) is 14.9 Å². The lowest BCUT2D eigenvalue weighted by atomic mass is 10.1. The van der Waals surface area contributed by atoms with Crippen LogP contribution >= 0.6 is 11.6 Å². The van der Waals surface area contributed by atoms with Crippen molar-refractivity contribution in [2.24, 2.45) is 0 Å². The van der Waals surface area contributed by atoms with Crippen LogP contribution in [0.15, 0.2) is 36.7 Å². The molecule has 1 aliphatic heterocycles. The minimum absolute atomic E-state index is 0.149. The highest BCUT2D eigenvalue weighted by molar-refractivity contribution is 6.30. The van der Waals surface area contributed by atoms with E-state index < -0.39 is 16.6 Å². The van der Waals surface area contributed by atoms with Crippen molar-refractivity contribution in [1.29, 1.82) is 0 Å². The van der Waals surface area contributed by atoms with Crippen molar-refractivity contribution in [3.8, 4) is 11.5 Å². The first kappa shape index (κ1) is 17.1. The Labute approximate surface area is 157 Å². The van der Waals surface area contributed by atoms with Crippen molar-refractivity contribution >= 4 is 28.9 Å². The molecule has 3 heterocycles. The third-order valence-corrected chi connectivity index (χ3v) is 4.12. The Balaban J connectivity index is 1.57. The molecular weight excluding hydrogens is 378 g/mol. The Kier molecular flexibility index (Phi) is 4.28. The van der Waals surface area contributed by atoms with Crippen LogP contribution in [-0.4, -0.2) is 33.5 Å². The van der Waals surface area contributed by atoms with Crippen LogP contribution in [0.3, 0.4) is 0 Å². The van der Waals surface area contributed by atoms with Crippen LogP contribution in [0.5, 0.6) is 11.5 Å². The van der Waals surface area contributed by atoms with Gasteiger partial charge in [0.15, 0.2) is 11.5 Å². The molecule has 2 aromatic heterocycles. The quantitative estimate of drug-likeness (QED) is 0.383. The predicted octanol–water partition coefficient (Wildman–Crippen LogP) is 3.02. The number of aromatic nitrogens is 2. The van der Waals surface area contributed by atoms with E-state index in [0.717, 1.165) is 6.07 Å². The number of rotatable bonds is 4. The van der Waals surface area contributed by atoms with Crippen molar-refractivity contribution in [2.45, 2.75) is 6.61 Å². The minimum atomic E-state index is -0.853. The SMILES string of the molecule is O=C(OCc1cn2cc(Cl)ccc2n1)c1cc2c(cc1[N+](=O)[O-])OCCO2. The van der Waals surface area contributed by atoms with E-state index in [0.29, 0.717) is 23.0 Å². The second-order valence-corrected chi connectivity index (χ2v) is 6.13. The maximum Gasteiger partial charge on any atom is 0.345 e. The van der Waals surface area contributed by atoms with E-state index in [1.54, 1.807) is 28.9 Å². The maximum absolute atomic E-state index is 12.4. The van der Waals surface area contributed by atoms with Crippen molar-refractivity contribution in [2.75, 3.05) is 13.2 Å². The highest BCUT2D eigenvalue weighted by atomic mass is 35.5. The van der Waals surface area contributed by atoms with Gasteiger partial charge < -0.3 is 18.6 Å². The molecule has 0 saturated carbocycles. The fourth-order valence-electron chi connectivity index (χ4n) is 2.70. The number of fused-ring (bicyclic) bond motifs is 2. The summed E-state index contributed by atoms with van der Waals surface area (Å²) in [4.78, 5) is 27.4. The summed E-state index contributed by atoms with van der Waals surface area (Å²) >= 11 is 5.92. The summed E-state index contributed by atoms with van der Waals surface area (Å²) in [6.07, 6.45) is 3.33. The second kappa shape index (κ2) is 6.76. The minimum Gasteiger partial charge on any atom is -0.486 e. The zero-order valence-corrected chi connectivity index (χ0v) is 14.5. The van der Waals surface area contributed by atoms with Crippen molar-refractivity contribution in [1.82, 2.24) is 9.38 Å². The van der Waals surface area contributed by atoms with E-state index in [4.69, 9.17) is 25.8 Å². The molecule has 0 unspecified atom stereocenters. The molecule has 0 aliphatic carbocycles. The van der Waals surface area contributed by atoms with Crippen molar-refractivity contribution in [3.05, 3.63) is 63.1 Å². The van der Waals surface area contributed by atoms with Gasteiger partial charge >= 0.3 is 5.97 Å². The fourth-order valence-corrected chi connectivity index (χ4v) is 2.86. The summed E-state index contributed by atoms with van der Waals surface area (Å²) in [6.45, 7) is 0.429. The lowest BCUT2D eigenvalue weighted by Crippen LogP contribution is -2.17. The average molecular weight is 390 g/mol. The monoisotopic (exact) mass is 389 g/mol. The second-order valence-electron chi connectivity index (χ2n) is 5.69. The summed E-state index contributed by atoms with van der Waals surface area (Å²) < 4.78 is 17.6. The van der Waals surface area contributed by atoms with Gasteiger partial charge in [-0.1, -0.05) is 11.6 Å². The van der Waals surface area contributed by atoms with Crippen LogP contribution in [-0.2, 0) is 11.3 Å². The highest BCUT2D eigenvalue weighted by Crippen LogP contribution is 2.36. The number of hydrogen-bond acceptors (Lipinski definition) is 7. The fraction of sp³-hybridized carbons (Fsp3) is 0.176. The molecule has 1 aliphatic rings. The molecule has 1 aromatic carbocycles. The number of nitrogens with zero attached hydrogens (tertiary/aromatic N) is 3. The Bertz CT molecular complexity index is 1060. The third-order valence-electron chi connectivity index (χ3n) is 3.89. The van der Waals surface area contributed by atoms with E-state index in [1.165, 1.54) is 6.07 Å². The first-order valence-corrected chi connectivity index (χ1v) is 8.27. The molecule has 0 radical (unpaired) electrons. The number of esters is 1. The van der Waals surface area contributed by atoms with Crippen LogP contribution < -0.4 is 9.47 Å². The summed E-state index contributed by atoms with van der Waals surface area (Å²) in [7, 11) is 0. The summed E-state index contributed by atoms with van der Waals surface area (Å²) in [6, 6.07) is 5.84. The Morgan fingerprint density at radius 2 is 2.00 bits per heavy atom. The smallest absolute Gasteiger partial charge is 0.345 e. The number of benzene rings is 1. The number of hydrogen-bond donors (Lipinski definition) is 0. The van der Waals surface area contributed by atoms with Crippen LogP contribution in [0.4, 0.5) is 5.69 Å². The molecule has 0 fully saturated rings. The largest absolute Gasteiger partial charge is 0.486 e. The molecule has 138 valence electrons. The molecule has 0 spiro atoms. The van der Waals surface area contributed by atoms with Gasteiger partial charge in [-0.05, 0) is 12.1 Å². The number of imidazole rings is 1. The normalized spacial score (nSPS) is 12.8. The molecule has 0 amide bonds. The Morgan fingerprint density at radius 3 is 2.74 bits per heavy atom. The van der Waals surface area contributed by atoms with Gasteiger partial charge in [0.25, 0.3) is 5.69 Å². The van der Waals surface area contributed by atoms with E-state index in [1.807, 2.05) is 0 Å².